The molecule has 0 aliphatic rings. The largest absolute Gasteiger partial charge is 0.491 e. The maximum Gasteiger partial charge on any atom is 0.338 e. The first kappa shape index (κ1) is 35.0. The smallest absolute Gasteiger partial charge is 0.338 e. The van der Waals surface area contributed by atoms with Gasteiger partial charge in [-0.05, 0) is 50.2 Å². The molecular formula is C29H42O11. The van der Waals surface area contributed by atoms with E-state index in [2.05, 4.69) is 0 Å². The lowest BCUT2D eigenvalue weighted by Crippen LogP contribution is -2.12. The standard InChI is InChI=1S/C15H22O6.C14H20O5/c1-2-20-15(17)13-3-5-14(6-4-13)21-12-11-19-10-9-18-8-7-16;1-12(16)13-3-2-4-14(11-13)19-10-9-18-8-7-17-6-5-15/h3-6,16H,2,7-12H2,1H3;2-4,11,15H,5-10H2,1H3. The molecule has 224 valence electrons. The fraction of sp³-hybridized carbons (Fsp3) is 0.517. The Labute approximate surface area is 235 Å². The average Bonchev–Trinajstić information content (AvgIpc) is 2.97. The highest BCUT2D eigenvalue weighted by Crippen LogP contribution is 2.14. The third kappa shape index (κ3) is 17.5. The normalized spacial score (nSPS) is 10.4. The maximum atomic E-state index is 11.5. The van der Waals surface area contributed by atoms with Crippen LogP contribution in [0.5, 0.6) is 11.5 Å². The minimum Gasteiger partial charge on any atom is -0.491 e. The predicted molar refractivity (Wildman–Crippen MR) is 147 cm³/mol. The highest BCUT2D eigenvalue weighted by molar-refractivity contribution is 5.94. The Balaban J connectivity index is 0.000000402. The SMILES string of the molecule is CC(=O)c1cccc(OCCOCCOCCO)c1.CCOC(=O)c1ccc(OCCOCCOCCO)cc1. The van der Waals surface area contributed by atoms with Crippen LogP contribution in [-0.2, 0) is 23.7 Å². The monoisotopic (exact) mass is 566 g/mol. The van der Waals surface area contributed by atoms with Crippen LogP contribution in [0.15, 0.2) is 48.5 Å². The van der Waals surface area contributed by atoms with Crippen LogP contribution in [0.25, 0.3) is 0 Å². The van der Waals surface area contributed by atoms with E-state index in [0.29, 0.717) is 95.3 Å². The summed E-state index contributed by atoms with van der Waals surface area (Å²) < 4.78 is 36.5. The van der Waals surface area contributed by atoms with Gasteiger partial charge in [0.25, 0.3) is 0 Å². The number of carbonyl (C=O) groups excluding carboxylic acids is 2. The van der Waals surface area contributed by atoms with E-state index in [9.17, 15) is 9.59 Å². The molecule has 0 fully saturated rings. The van der Waals surface area contributed by atoms with Crippen LogP contribution in [0.4, 0.5) is 0 Å². The Bertz CT molecular complexity index is 918. The summed E-state index contributed by atoms with van der Waals surface area (Å²) in [5, 5.41) is 17.0. The molecule has 40 heavy (non-hydrogen) atoms. The van der Waals surface area contributed by atoms with E-state index >= 15 is 0 Å². The van der Waals surface area contributed by atoms with Crippen molar-refractivity contribution in [1.29, 1.82) is 0 Å². The molecule has 0 unspecified atom stereocenters. The van der Waals surface area contributed by atoms with Crippen LogP contribution < -0.4 is 9.47 Å². The molecule has 2 N–H and O–H groups in total. The van der Waals surface area contributed by atoms with Crippen molar-refractivity contribution in [1.82, 2.24) is 0 Å². The summed E-state index contributed by atoms with van der Waals surface area (Å²) in [4.78, 5) is 22.6. The van der Waals surface area contributed by atoms with Gasteiger partial charge < -0.3 is 43.4 Å². The van der Waals surface area contributed by atoms with E-state index in [1.807, 2.05) is 0 Å². The Kier molecular flexibility index (Phi) is 20.8. The zero-order valence-corrected chi connectivity index (χ0v) is 23.4. The zero-order valence-electron chi connectivity index (χ0n) is 23.4. The van der Waals surface area contributed by atoms with Crippen LogP contribution in [0.3, 0.4) is 0 Å². The first-order valence-corrected chi connectivity index (χ1v) is 13.2. The molecule has 0 saturated heterocycles. The average molecular weight is 567 g/mol. The van der Waals surface area contributed by atoms with Gasteiger partial charge in [-0.25, -0.2) is 4.79 Å². The molecule has 11 nitrogen and oxygen atoms in total. The van der Waals surface area contributed by atoms with Crippen molar-refractivity contribution in [2.75, 3.05) is 85.9 Å². The van der Waals surface area contributed by atoms with Gasteiger partial charge in [-0.3, -0.25) is 4.79 Å². The molecule has 0 atom stereocenters. The molecule has 2 aromatic carbocycles. The quantitative estimate of drug-likeness (QED) is 0.131. The summed E-state index contributed by atoms with van der Waals surface area (Å²) in [5.41, 5.74) is 1.14. The summed E-state index contributed by atoms with van der Waals surface area (Å²) in [6, 6.07) is 13.8. The summed E-state index contributed by atoms with van der Waals surface area (Å²) in [6.45, 7) is 7.92. The summed E-state index contributed by atoms with van der Waals surface area (Å²) >= 11 is 0. The van der Waals surface area contributed by atoms with Crippen molar-refractivity contribution < 1.29 is 53.0 Å². The fourth-order valence-electron chi connectivity index (χ4n) is 2.92. The first-order chi connectivity index (χ1) is 19.5. The molecule has 0 spiro atoms. The van der Waals surface area contributed by atoms with Crippen LogP contribution >= 0.6 is 0 Å². The summed E-state index contributed by atoms with van der Waals surface area (Å²) in [7, 11) is 0. The molecule has 0 aliphatic carbocycles. The lowest BCUT2D eigenvalue weighted by molar-refractivity contribution is 0.0247. The molecule has 0 bridgehead atoms. The third-order valence-corrected chi connectivity index (χ3v) is 4.81. The maximum absolute atomic E-state index is 11.5. The van der Waals surface area contributed by atoms with E-state index in [-0.39, 0.29) is 25.0 Å². The number of ether oxygens (including phenoxy) is 7. The molecular weight excluding hydrogens is 524 g/mol. The summed E-state index contributed by atoms with van der Waals surface area (Å²) in [6.07, 6.45) is 0. The van der Waals surface area contributed by atoms with E-state index in [1.165, 1.54) is 6.92 Å². The minimum absolute atomic E-state index is 0.0164. The van der Waals surface area contributed by atoms with Gasteiger partial charge in [0.1, 0.15) is 24.7 Å². The number of Topliss-reactive ketones (excluding diaryl/α,β-unsaturated/α-hetero) is 1. The lowest BCUT2D eigenvalue weighted by Gasteiger charge is -2.08. The van der Waals surface area contributed by atoms with Crippen LogP contribution in [-0.4, -0.2) is 108 Å². The highest BCUT2D eigenvalue weighted by Gasteiger charge is 2.06. The number of aliphatic hydroxyl groups is 2. The number of carbonyl (C=O) groups is 2. The van der Waals surface area contributed by atoms with Crippen molar-refractivity contribution in [3.8, 4) is 11.5 Å². The second-order valence-corrected chi connectivity index (χ2v) is 7.92. The minimum atomic E-state index is -0.338. The number of benzene rings is 2. The Hall–Kier alpha value is -3.06. The molecule has 0 amide bonds. The van der Waals surface area contributed by atoms with E-state index < -0.39 is 0 Å². The summed E-state index contributed by atoms with van der Waals surface area (Å²) in [5.74, 6) is 1.01. The molecule has 0 heterocycles. The lowest BCUT2D eigenvalue weighted by atomic mass is 10.1. The van der Waals surface area contributed by atoms with E-state index in [0.717, 1.165) is 0 Å². The van der Waals surface area contributed by atoms with Crippen molar-refractivity contribution in [3.63, 3.8) is 0 Å². The third-order valence-electron chi connectivity index (χ3n) is 4.81. The van der Waals surface area contributed by atoms with Gasteiger partial charge in [0.05, 0.1) is 78.2 Å². The predicted octanol–water partition coefficient (Wildman–Crippen LogP) is 2.56. The van der Waals surface area contributed by atoms with Crippen molar-refractivity contribution in [2.45, 2.75) is 13.8 Å². The van der Waals surface area contributed by atoms with Crippen molar-refractivity contribution in [2.24, 2.45) is 0 Å². The number of hydrogen-bond acceptors (Lipinski definition) is 11. The molecule has 0 aliphatic heterocycles. The Morgan fingerprint density at radius 2 is 1.12 bits per heavy atom. The fourth-order valence-corrected chi connectivity index (χ4v) is 2.92. The van der Waals surface area contributed by atoms with Crippen molar-refractivity contribution >= 4 is 11.8 Å². The second kappa shape index (κ2) is 23.8. The molecule has 0 saturated carbocycles. The van der Waals surface area contributed by atoms with Gasteiger partial charge in [-0.1, -0.05) is 12.1 Å². The topological polar surface area (TPSA) is 139 Å². The molecule has 11 heteroatoms. The number of rotatable bonds is 21. The number of esters is 1. The van der Waals surface area contributed by atoms with Crippen LogP contribution in [0.2, 0.25) is 0 Å². The second-order valence-electron chi connectivity index (χ2n) is 7.92. The van der Waals surface area contributed by atoms with Crippen LogP contribution in [0, 0.1) is 0 Å². The van der Waals surface area contributed by atoms with Gasteiger partial charge in [-0.15, -0.1) is 0 Å². The van der Waals surface area contributed by atoms with Gasteiger partial charge in [0.15, 0.2) is 5.78 Å². The van der Waals surface area contributed by atoms with E-state index in [1.54, 1.807) is 55.5 Å². The Morgan fingerprint density at radius 1 is 0.625 bits per heavy atom. The molecule has 2 aromatic rings. The first-order valence-electron chi connectivity index (χ1n) is 13.2. The van der Waals surface area contributed by atoms with E-state index in [4.69, 9.17) is 43.4 Å². The van der Waals surface area contributed by atoms with Gasteiger partial charge >= 0.3 is 5.97 Å². The number of aliphatic hydroxyl groups excluding tert-OH is 2. The molecule has 2 rings (SSSR count). The van der Waals surface area contributed by atoms with Crippen molar-refractivity contribution in [3.05, 3.63) is 59.7 Å². The highest BCUT2D eigenvalue weighted by atomic mass is 16.6. The molecule has 0 radical (unpaired) electrons. The number of ketones is 1. The molecule has 0 aromatic heterocycles. The Morgan fingerprint density at radius 3 is 1.62 bits per heavy atom. The van der Waals surface area contributed by atoms with Gasteiger partial charge in [0, 0.05) is 5.56 Å². The van der Waals surface area contributed by atoms with Gasteiger partial charge in [0.2, 0.25) is 0 Å². The van der Waals surface area contributed by atoms with Gasteiger partial charge in [-0.2, -0.15) is 0 Å². The zero-order chi connectivity index (χ0) is 29.3. The van der Waals surface area contributed by atoms with Crippen LogP contribution in [0.1, 0.15) is 34.6 Å². The number of hydrogen-bond donors (Lipinski definition) is 2.